The summed E-state index contributed by atoms with van der Waals surface area (Å²) in [5.41, 5.74) is 9.37. The van der Waals surface area contributed by atoms with E-state index in [2.05, 4.69) is 15.9 Å². The maximum absolute atomic E-state index is 10.8. The normalized spacial score (nSPS) is 10.3. The Hall–Kier alpha value is -0.540. The van der Waals surface area contributed by atoms with E-state index in [9.17, 15) is 4.79 Å². The Labute approximate surface area is 96.6 Å². The summed E-state index contributed by atoms with van der Waals surface area (Å²) in [5.74, 6) is 0. The van der Waals surface area contributed by atoms with Gasteiger partial charge in [0, 0.05) is 16.6 Å². The summed E-state index contributed by atoms with van der Waals surface area (Å²) >= 11 is 8.71. The predicted octanol–water partition coefficient (Wildman–Crippen LogP) is 2.96. The molecule has 0 spiro atoms. The number of nitrogens with two attached hydrogens (primary N) is 1. The van der Waals surface area contributed by atoms with Crippen LogP contribution in [0, 0.1) is 13.8 Å². The van der Waals surface area contributed by atoms with Crippen LogP contribution in [0.25, 0.3) is 0 Å². The van der Waals surface area contributed by atoms with Crippen LogP contribution in [0.5, 0.6) is 0 Å². The predicted molar refractivity (Wildman–Crippen MR) is 62.6 cm³/mol. The fraction of sp³-hybridized carbons (Fsp3) is 0.300. The van der Waals surface area contributed by atoms with E-state index < -0.39 is 0 Å². The number of hydrogen-bond donors (Lipinski definition) is 1. The Morgan fingerprint density at radius 1 is 1.57 bits per heavy atom. The van der Waals surface area contributed by atoms with Crippen molar-refractivity contribution in [1.29, 1.82) is 0 Å². The van der Waals surface area contributed by atoms with Crippen molar-refractivity contribution in [2.75, 3.05) is 5.73 Å². The van der Waals surface area contributed by atoms with E-state index in [0.29, 0.717) is 5.69 Å². The van der Waals surface area contributed by atoms with E-state index in [1.165, 1.54) is 0 Å². The molecule has 1 rings (SSSR count). The number of benzene rings is 1. The number of rotatable bonds is 2. The van der Waals surface area contributed by atoms with E-state index >= 15 is 0 Å². The molecule has 0 saturated carbocycles. The number of carbonyl (C=O) groups is 1. The minimum atomic E-state index is -0.363. The third-order valence-electron chi connectivity index (χ3n) is 2.25. The van der Waals surface area contributed by atoms with Gasteiger partial charge in [-0.3, -0.25) is 4.79 Å². The summed E-state index contributed by atoms with van der Waals surface area (Å²) in [4.78, 5) is 10.8. The zero-order chi connectivity index (χ0) is 10.9. The van der Waals surface area contributed by atoms with Gasteiger partial charge >= 0.3 is 0 Å². The van der Waals surface area contributed by atoms with Crippen molar-refractivity contribution in [2.24, 2.45) is 0 Å². The lowest BCUT2D eigenvalue weighted by molar-refractivity contribution is -0.111. The van der Waals surface area contributed by atoms with Crippen LogP contribution in [0.4, 0.5) is 5.69 Å². The van der Waals surface area contributed by atoms with Crippen molar-refractivity contribution in [2.45, 2.75) is 20.3 Å². The van der Waals surface area contributed by atoms with Crippen molar-refractivity contribution in [3.8, 4) is 0 Å². The van der Waals surface area contributed by atoms with Crippen molar-refractivity contribution in [3.05, 3.63) is 27.2 Å². The second-order valence-electron chi connectivity index (χ2n) is 3.22. The highest BCUT2D eigenvalue weighted by Crippen LogP contribution is 2.29. The van der Waals surface area contributed by atoms with Crippen LogP contribution in [-0.4, -0.2) is 5.24 Å². The monoisotopic (exact) mass is 275 g/mol. The van der Waals surface area contributed by atoms with Crippen LogP contribution < -0.4 is 5.73 Å². The van der Waals surface area contributed by atoms with Gasteiger partial charge in [-0.15, -0.1) is 0 Å². The fourth-order valence-corrected chi connectivity index (χ4v) is 2.18. The average molecular weight is 277 g/mol. The van der Waals surface area contributed by atoms with E-state index in [0.717, 1.165) is 21.2 Å². The Kier molecular flexibility index (Phi) is 3.56. The van der Waals surface area contributed by atoms with Gasteiger partial charge in [0.15, 0.2) is 0 Å². The van der Waals surface area contributed by atoms with Gasteiger partial charge in [0.25, 0.3) is 0 Å². The number of anilines is 1. The third kappa shape index (κ3) is 2.28. The molecular formula is C10H11BrClNO. The maximum atomic E-state index is 10.8. The molecule has 2 nitrogen and oxygen atoms in total. The summed E-state index contributed by atoms with van der Waals surface area (Å²) in [6.07, 6.45) is 0.233. The number of carbonyl (C=O) groups excluding carboxylic acids is 1. The Balaban J connectivity index is 3.29. The zero-order valence-electron chi connectivity index (χ0n) is 8.03. The van der Waals surface area contributed by atoms with E-state index in [4.69, 9.17) is 17.3 Å². The molecule has 0 saturated heterocycles. The lowest BCUT2D eigenvalue weighted by Gasteiger charge is -2.12. The standard InChI is InChI=1S/C10H11BrClNO/c1-5-3-8(11)10(13)6(2)7(5)4-9(12)14/h3H,4,13H2,1-2H3. The van der Waals surface area contributed by atoms with Gasteiger partial charge in [-0.2, -0.15) is 0 Å². The summed E-state index contributed by atoms with van der Waals surface area (Å²) in [6, 6.07) is 1.90. The molecule has 0 bridgehead atoms. The molecule has 2 N–H and O–H groups in total. The van der Waals surface area contributed by atoms with Crippen LogP contribution in [0.1, 0.15) is 16.7 Å². The molecule has 0 amide bonds. The lowest BCUT2D eigenvalue weighted by atomic mass is 9.99. The second-order valence-corrected chi connectivity index (χ2v) is 4.50. The van der Waals surface area contributed by atoms with Crippen LogP contribution in [0.15, 0.2) is 10.5 Å². The first kappa shape index (κ1) is 11.5. The summed E-state index contributed by atoms with van der Waals surface area (Å²) < 4.78 is 0.860. The van der Waals surface area contributed by atoms with Gasteiger partial charge in [-0.1, -0.05) is 0 Å². The molecule has 0 unspecified atom stereocenters. The zero-order valence-corrected chi connectivity index (χ0v) is 10.4. The molecule has 0 aromatic heterocycles. The van der Waals surface area contributed by atoms with Gasteiger partial charge in [0.1, 0.15) is 0 Å². The van der Waals surface area contributed by atoms with Crippen molar-refractivity contribution >= 4 is 38.5 Å². The quantitative estimate of drug-likeness (QED) is 0.666. The topological polar surface area (TPSA) is 43.1 Å². The Morgan fingerprint density at radius 3 is 2.64 bits per heavy atom. The molecule has 0 aliphatic carbocycles. The SMILES string of the molecule is Cc1cc(Br)c(N)c(C)c1CC(=O)Cl. The van der Waals surface area contributed by atoms with Crippen molar-refractivity contribution in [1.82, 2.24) is 0 Å². The van der Waals surface area contributed by atoms with Gasteiger partial charge < -0.3 is 5.73 Å². The summed E-state index contributed by atoms with van der Waals surface area (Å²) in [5, 5.41) is -0.363. The minimum Gasteiger partial charge on any atom is -0.398 e. The lowest BCUT2D eigenvalue weighted by Crippen LogP contribution is -2.03. The van der Waals surface area contributed by atoms with E-state index in [-0.39, 0.29) is 11.7 Å². The fourth-order valence-electron chi connectivity index (χ4n) is 1.40. The molecule has 4 heteroatoms. The van der Waals surface area contributed by atoms with E-state index in [1.54, 1.807) is 0 Å². The molecule has 0 atom stereocenters. The molecule has 0 heterocycles. The number of hydrogen-bond acceptors (Lipinski definition) is 2. The summed E-state index contributed by atoms with van der Waals surface area (Å²) in [6.45, 7) is 3.83. The molecule has 76 valence electrons. The van der Waals surface area contributed by atoms with Gasteiger partial charge in [-0.05, 0) is 64.1 Å². The minimum absolute atomic E-state index is 0.233. The maximum Gasteiger partial charge on any atom is 0.226 e. The molecular weight excluding hydrogens is 265 g/mol. The smallest absolute Gasteiger partial charge is 0.226 e. The first-order valence-corrected chi connectivity index (χ1v) is 5.33. The average Bonchev–Trinajstić information content (AvgIpc) is 2.09. The highest BCUT2D eigenvalue weighted by molar-refractivity contribution is 9.10. The third-order valence-corrected chi connectivity index (χ3v) is 3.04. The number of nitrogen functional groups attached to an aromatic ring is 1. The molecule has 0 aliphatic heterocycles. The second kappa shape index (κ2) is 4.32. The Morgan fingerprint density at radius 2 is 2.14 bits per heavy atom. The van der Waals surface area contributed by atoms with Crippen molar-refractivity contribution in [3.63, 3.8) is 0 Å². The van der Waals surface area contributed by atoms with Gasteiger partial charge in [0.05, 0.1) is 0 Å². The van der Waals surface area contributed by atoms with Crippen LogP contribution in [0.3, 0.4) is 0 Å². The van der Waals surface area contributed by atoms with Crippen LogP contribution in [-0.2, 0) is 11.2 Å². The van der Waals surface area contributed by atoms with Crippen molar-refractivity contribution < 1.29 is 4.79 Å². The number of halogens is 2. The molecule has 14 heavy (non-hydrogen) atoms. The molecule has 1 aromatic carbocycles. The first-order chi connectivity index (χ1) is 6.43. The molecule has 1 aromatic rings. The van der Waals surface area contributed by atoms with E-state index in [1.807, 2.05) is 19.9 Å². The number of aryl methyl sites for hydroxylation is 1. The highest BCUT2D eigenvalue weighted by Gasteiger charge is 2.11. The van der Waals surface area contributed by atoms with Gasteiger partial charge in [-0.25, -0.2) is 0 Å². The Bertz CT molecular complexity index is 390. The highest BCUT2D eigenvalue weighted by atomic mass is 79.9. The van der Waals surface area contributed by atoms with Crippen LogP contribution in [0.2, 0.25) is 0 Å². The first-order valence-electron chi connectivity index (χ1n) is 4.16. The van der Waals surface area contributed by atoms with Gasteiger partial charge in [0.2, 0.25) is 5.24 Å². The molecule has 0 aliphatic rings. The molecule has 0 radical (unpaired) electrons. The van der Waals surface area contributed by atoms with Crippen LogP contribution >= 0.6 is 27.5 Å². The molecule has 0 fully saturated rings. The summed E-state index contributed by atoms with van der Waals surface area (Å²) in [7, 11) is 0. The largest absolute Gasteiger partial charge is 0.398 e.